The van der Waals surface area contributed by atoms with E-state index in [1.807, 2.05) is 6.26 Å². The molecule has 0 saturated heterocycles. The molecule has 3 nitrogen and oxygen atoms in total. The van der Waals surface area contributed by atoms with E-state index in [0.29, 0.717) is 6.10 Å². The number of aliphatic hydroxyl groups excluding tert-OH is 1. The third-order valence-electron chi connectivity index (χ3n) is 3.64. The zero-order chi connectivity index (χ0) is 11.2. The Morgan fingerprint density at radius 3 is 2.62 bits per heavy atom. The highest BCUT2D eigenvalue weighted by atomic mass is 16.5. The lowest BCUT2D eigenvalue weighted by atomic mass is 9.87. The fraction of sp³-hybridized carbons (Fsp3) is 0.846. The molecule has 2 rings (SSSR count). The van der Waals surface area contributed by atoms with E-state index in [4.69, 9.17) is 4.74 Å². The molecule has 0 bridgehead atoms. The van der Waals surface area contributed by atoms with Crippen LogP contribution in [0.25, 0.3) is 0 Å². The molecule has 1 saturated carbocycles. The monoisotopic (exact) mass is 225 g/mol. The first-order valence-electron chi connectivity index (χ1n) is 6.54. The molecular formula is C13H23NO2. The summed E-state index contributed by atoms with van der Waals surface area (Å²) in [4.78, 5) is 0. The maximum absolute atomic E-state index is 9.41. The van der Waals surface area contributed by atoms with Crippen LogP contribution >= 0.6 is 0 Å². The topological polar surface area (TPSA) is 41.5 Å². The van der Waals surface area contributed by atoms with Crippen LogP contribution in [0.2, 0.25) is 0 Å². The van der Waals surface area contributed by atoms with Gasteiger partial charge in [-0.15, -0.1) is 0 Å². The molecule has 1 atom stereocenters. The van der Waals surface area contributed by atoms with E-state index < -0.39 is 0 Å². The first-order valence-corrected chi connectivity index (χ1v) is 6.54. The van der Waals surface area contributed by atoms with Crippen molar-refractivity contribution in [3.63, 3.8) is 0 Å². The minimum atomic E-state index is -0.0388. The second-order valence-electron chi connectivity index (χ2n) is 5.04. The minimum Gasteiger partial charge on any atom is -0.497 e. The molecule has 0 aromatic carbocycles. The molecule has 16 heavy (non-hydrogen) atoms. The van der Waals surface area contributed by atoms with Gasteiger partial charge < -0.3 is 15.2 Å². The van der Waals surface area contributed by atoms with E-state index in [-0.39, 0.29) is 6.10 Å². The molecule has 2 N–H and O–H groups in total. The number of ether oxygens (including phenoxy) is 1. The van der Waals surface area contributed by atoms with Crippen molar-refractivity contribution in [2.24, 2.45) is 5.92 Å². The Morgan fingerprint density at radius 2 is 1.94 bits per heavy atom. The number of hydrogen-bond acceptors (Lipinski definition) is 3. The van der Waals surface area contributed by atoms with Crippen LogP contribution in [0.3, 0.4) is 0 Å². The van der Waals surface area contributed by atoms with Crippen LogP contribution in [0.15, 0.2) is 12.3 Å². The first kappa shape index (κ1) is 11.9. The standard InChI is InChI=1S/C13H23NO2/c15-12-6-4-11(5-7-12)9-14-10-13-3-1-2-8-16-13/h2,8,11-15H,1,3-7,9-10H2. The summed E-state index contributed by atoms with van der Waals surface area (Å²) >= 11 is 0. The Balaban J connectivity index is 1.55. The van der Waals surface area contributed by atoms with Crippen molar-refractivity contribution in [1.29, 1.82) is 0 Å². The molecule has 3 heteroatoms. The molecule has 0 radical (unpaired) electrons. The van der Waals surface area contributed by atoms with Crippen LogP contribution in [-0.4, -0.2) is 30.4 Å². The van der Waals surface area contributed by atoms with E-state index in [2.05, 4.69) is 11.4 Å². The summed E-state index contributed by atoms with van der Waals surface area (Å²) < 4.78 is 5.50. The molecule has 1 unspecified atom stereocenters. The molecule has 0 aromatic rings. The fourth-order valence-corrected chi connectivity index (χ4v) is 2.53. The normalized spacial score (nSPS) is 34.7. The highest BCUT2D eigenvalue weighted by Crippen LogP contribution is 2.23. The summed E-state index contributed by atoms with van der Waals surface area (Å²) in [6.45, 7) is 2.04. The van der Waals surface area contributed by atoms with Crippen molar-refractivity contribution in [1.82, 2.24) is 5.32 Å². The van der Waals surface area contributed by atoms with E-state index in [0.717, 1.165) is 44.7 Å². The number of allylic oxidation sites excluding steroid dienone is 1. The summed E-state index contributed by atoms with van der Waals surface area (Å²) in [5.74, 6) is 0.752. The highest BCUT2D eigenvalue weighted by Gasteiger charge is 2.19. The number of nitrogens with one attached hydrogen (secondary N) is 1. The van der Waals surface area contributed by atoms with Gasteiger partial charge in [0, 0.05) is 6.54 Å². The van der Waals surface area contributed by atoms with Gasteiger partial charge in [0.05, 0.1) is 12.4 Å². The summed E-state index contributed by atoms with van der Waals surface area (Å²) in [5, 5.41) is 12.9. The third kappa shape index (κ3) is 3.80. The van der Waals surface area contributed by atoms with E-state index in [1.54, 1.807) is 0 Å². The number of hydrogen-bond donors (Lipinski definition) is 2. The Hall–Kier alpha value is -0.540. The highest BCUT2D eigenvalue weighted by molar-refractivity contribution is 4.83. The Bertz CT molecular complexity index is 222. The van der Waals surface area contributed by atoms with Gasteiger partial charge in [-0.05, 0) is 57.1 Å². The third-order valence-corrected chi connectivity index (χ3v) is 3.64. The zero-order valence-electron chi connectivity index (χ0n) is 9.90. The fourth-order valence-electron chi connectivity index (χ4n) is 2.53. The van der Waals surface area contributed by atoms with Crippen LogP contribution in [0.1, 0.15) is 38.5 Å². The summed E-state index contributed by atoms with van der Waals surface area (Å²) in [5.41, 5.74) is 0. The average Bonchev–Trinajstić information content (AvgIpc) is 2.33. The van der Waals surface area contributed by atoms with Crippen LogP contribution in [0.5, 0.6) is 0 Å². The van der Waals surface area contributed by atoms with Crippen molar-refractivity contribution in [3.8, 4) is 0 Å². The molecule has 1 heterocycles. The molecule has 0 amide bonds. The van der Waals surface area contributed by atoms with Gasteiger partial charge >= 0.3 is 0 Å². The van der Waals surface area contributed by atoms with Crippen molar-refractivity contribution >= 4 is 0 Å². The summed E-state index contributed by atoms with van der Waals surface area (Å²) in [6, 6.07) is 0. The smallest absolute Gasteiger partial charge is 0.110 e. The minimum absolute atomic E-state index is 0.0388. The van der Waals surface area contributed by atoms with E-state index >= 15 is 0 Å². The van der Waals surface area contributed by atoms with Gasteiger partial charge in [-0.1, -0.05) is 0 Å². The maximum Gasteiger partial charge on any atom is 0.110 e. The van der Waals surface area contributed by atoms with Gasteiger partial charge in [0.1, 0.15) is 6.10 Å². The van der Waals surface area contributed by atoms with Gasteiger partial charge in [-0.3, -0.25) is 0 Å². The quantitative estimate of drug-likeness (QED) is 0.767. The molecule has 1 aliphatic carbocycles. The van der Waals surface area contributed by atoms with Gasteiger partial charge in [-0.2, -0.15) is 0 Å². The summed E-state index contributed by atoms with van der Waals surface area (Å²) in [6.07, 6.45) is 10.8. The van der Waals surface area contributed by atoms with Gasteiger partial charge in [0.2, 0.25) is 0 Å². The number of rotatable bonds is 4. The predicted molar refractivity (Wildman–Crippen MR) is 64.1 cm³/mol. The van der Waals surface area contributed by atoms with Crippen LogP contribution in [0.4, 0.5) is 0 Å². The Kier molecular flexibility index (Phi) is 4.67. The Morgan fingerprint density at radius 1 is 1.12 bits per heavy atom. The molecule has 92 valence electrons. The van der Waals surface area contributed by atoms with E-state index in [1.165, 1.54) is 12.8 Å². The lowest BCUT2D eigenvalue weighted by molar-refractivity contribution is 0.101. The Labute approximate surface area is 97.9 Å². The van der Waals surface area contributed by atoms with Crippen LogP contribution in [-0.2, 0) is 4.74 Å². The van der Waals surface area contributed by atoms with Crippen LogP contribution in [0, 0.1) is 5.92 Å². The maximum atomic E-state index is 9.41. The van der Waals surface area contributed by atoms with Gasteiger partial charge in [0.25, 0.3) is 0 Å². The second kappa shape index (κ2) is 6.26. The van der Waals surface area contributed by atoms with Crippen molar-refractivity contribution < 1.29 is 9.84 Å². The molecule has 2 aliphatic rings. The van der Waals surface area contributed by atoms with Gasteiger partial charge in [0.15, 0.2) is 0 Å². The molecule has 0 spiro atoms. The van der Waals surface area contributed by atoms with Crippen molar-refractivity contribution in [2.75, 3.05) is 13.1 Å². The zero-order valence-corrected chi connectivity index (χ0v) is 9.90. The lowest BCUT2D eigenvalue weighted by Crippen LogP contribution is -2.34. The average molecular weight is 225 g/mol. The number of aliphatic hydroxyl groups is 1. The van der Waals surface area contributed by atoms with E-state index in [9.17, 15) is 5.11 Å². The molecule has 1 fully saturated rings. The summed E-state index contributed by atoms with van der Waals surface area (Å²) in [7, 11) is 0. The largest absolute Gasteiger partial charge is 0.497 e. The van der Waals surface area contributed by atoms with Crippen molar-refractivity contribution in [3.05, 3.63) is 12.3 Å². The molecule has 0 aromatic heterocycles. The second-order valence-corrected chi connectivity index (χ2v) is 5.04. The molecular weight excluding hydrogens is 202 g/mol. The first-order chi connectivity index (χ1) is 7.84. The lowest BCUT2D eigenvalue weighted by Gasteiger charge is -2.26. The molecule has 1 aliphatic heterocycles. The van der Waals surface area contributed by atoms with Crippen LogP contribution < -0.4 is 5.32 Å². The predicted octanol–water partition coefficient (Wildman–Crippen LogP) is 1.82. The SMILES string of the molecule is OC1CCC(CNCC2CCC=CO2)CC1. The van der Waals surface area contributed by atoms with Crippen molar-refractivity contribution in [2.45, 2.75) is 50.7 Å². The van der Waals surface area contributed by atoms with Gasteiger partial charge in [-0.25, -0.2) is 0 Å².